The first-order chi connectivity index (χ1) is 8.58. The van der Waals surface area contributed by atoms with Crippen LogP contribution in [-0.4, -0.2) is 15.9 Å². The lowest BCUT2D eigenvalue weighted by atomic mass is 10.2. The molecule has 0 saturated carbocycles. The average Bonchev–Trinajstić information content (AvgIpc) is 2.34. The van der Waals surface area contributed by atoms with Gasteiger partial charge in [-0.1, -0.05) is 11.6 Å². The Morgan fingerprint density at radius 2 is 2.17 bits per heavy atom. The summed E-state index contributed by atoms with van der Waals surface area (Å²) in [6.45, 7) is 1.82. The molecule has 2 aromatic heterocycles. The highest BCUT2D eigenvalue weighted by Gasteiger charge is 2.11. The molecule has 92 valence electrons. The van der Waals surface area contributed by atoms with Crippen LogP contribution in [0.15, 0.2) is 35.4 Å². The van der Waals surface area contributed by atoms with Crippen LogP contribution in [0.1, 0.15) is 15.9 Å². The summed E-state index contributed by atoms with van der Waals surface area (Å²) in [7, 11) is 0. The molecule has 5 nitrogen and oxygen atoms in total. The van der Waals surface area contributed by atoms with Crippen LogP contribution in [0.5, 0.6) is 0 Å². The van der Waals surface area contributed by atoms with Gasteiger partial charge in [0.15, 0.2) is 5.15 Å². The minimum absolute atomic E-state index is 0.229. The number of hydrogen-bond acceptors (Lipinski definition) is 3. The standard InChI is InChI=1S/C12H10ClN3O2/c1-7-4-5-14-11(13)10(7)16-12(18)8-2-3-9(17)15-6-8/h2-6H,1H3,(H,15,17)(H,16,18). The summed E-state index contributed by atoms with van der Waals surface area (Å²) in [5.41, 5.74) is 1.36. The average molecular weight is 264 g/mol. The van der Waals surface area contributed by atoms with Crippen LogP contribution in [0.4, 0.5) is 5.69 Å². The number of carbonyl (C=O) groups is 1. The number of pyridine rings is 2. The van der Waals surface area contributed by atoms with E-state index in [0.717, 1.165) is 5.56 Å². The van der Waals surface area contributed by atoms with Gasteiger partial charge in [-0.25, -0.2) is 4.98 Å². The molecule has 1 amide bonds. The molecule has 0 saturated heterocycles. The van der Waals surface area contributed by atoms with E-state index in [1.165, 1.54) is 18.3 Å². The fraction of sp³-hybridized carbons (Fsp3) is 0.0833. The van der Waals surface area contributed by atoms with E-state index in [0.29, 0.717) is 11.3 Å². The van der Waals surface area contributed by atoms with E-state index in [4.69, 9.17) is 11.6 Å². The molecule has 2 aromatic rings. The van der Waals surface area contributed by atoms with E-state index >= 15 is 0 Å². The SMILES string of the molecule is Cc1ccnc(Cl)c1NC(=O)c1ccc(=O)[nH]c1. The second-order valence-electron chi connectivity index (χ2n) is 3.69. The van der Waals surface area contributed by atoms with Crippen molar-refractivity contribution in [1.29, 1.82) is 0 Å². The molecule has 0 aliphatic rings. The van der Waals surface area contributed by atoms with Gasteiger partial charge in [0.05, 0.1) is 11.3 Å². The number of carbonyl (C=O) groups excluding carboxylic acids is 1. The molecule has 0 aliphatic heterocycles. The summed E-state index contributed by atoms with van der Waals surface area (Å²) in [6.07, 6.45) is 2.91. The smallest absolute Gasteiger partial charge is 0.257 e. The zero-order chi connectivity index (χ0) is 13.1. The molecule has 0 unspecified atom stereocenters. The van der Waals surface area contributed by atoms with Gasteiger partial charge in [-0.05, 0) is 24.6 Å². The summed E-state index contributed by atoms with van der Waals surface area (Å²) < 4.78 is 0. The lowest BCUT2D eigenvalue weighted by molar-refractivity contribution is 0.102. The first-order valence-electron chi connectivity index (χ1n) is 5.19. The topological polar surface area (TPSA) is 74.8 Å². The van der Waals surface area contributed by atoms with Crippen molar-refractivity contribution in [2.24, 2.45) is 0 Å². The molecule has 0 atom stereocenters. The molecule has 0 fully saturated rings. The number of rotatable bonds is 2. The molecule has 0 aromatic carbocycles. The lowest BCUT2D eigenvalue weighted by Gasteiger charge is -2.09. The van der Waals surface area contributed by atoms with Crippen molar-refractivity contribution in [2.45, 2.75) is 6.92 Å². The minimum atomic E-state index is -0.357. The van der Waals surface area contributed by atoms with E-state index in [-0.39, 0.29) is 16.6 Å². The van der Waals surface area contributed by atoms with Crippen molar-refractivity contribution in [3.8, 4) is 0 Å². The van der Waals surface area contributed by atoms with Crippen molar-refractivity contribution < 1.29 is 4.79 Å². The van der Waals surface area contributed by atoms with Crippen LogP contribution in [0.2, 0.25) is 5.15 Å². The number of H-pyrrole nitrogens is 1. The molecule has 0 radical (unpaired) electrons. The number of nitrogens with one attached hydrogen (secondary N) is 2. The minimum Gasteiger partial charge on any atom is -0.328 e. The van der Waals surface area contributed by atoms with Crippen molar-refractivity contribution in [3.05, 3.63) is 57.2 Å². The maximum absolute atomic E-state index is 11.9. The van der Waals surface area contributed by atoms with Crippen molar-refractivity contribution in [3.63, 3.8) is 0 Å². The predicted octanol–water partition coefficient (Wildman–Crippen LogP) is 1.98. The number of aromatic nitrogens is 2. The van der Waals surface area contributed by atoms with Gasteiger partial charge in [-0.3, -0.25) is 9.59 Å². The predicted molar refractivity (Wildman–Crippen MR) is 69.0 cm³/mol. The molecule has 0 spiro atoms. The number of amides is 1. The molecule has 2 heterocycles. The largest absolute Gasteiger partial charge is 0.328 e. The van der Waals surface area contributed by atoms with Gasteiger partial charge >= 0.3 is 0 Å². The zero-order valence-electron chi connectivity index (χ0n) is 9.53. The summed E-state index contributed by atoms with van der Waals surface area (Å²) >= 11 is 5.90. The second kappa shape index (κ2) is 5.01. The van der Waals surface area contributed by atoms with Gasteiger partial charge < -0.3 is 10.3 Å². The van der Waals surface area contributed by atoms with E-state index in [1.54, 1.807) is 12.3 Å². The van der Waals surface area contributed by atoms with Gasteiger partial charge in [0.2, 0.25) is 5.56 Å². The van der Waals surface area contributed by atoms with E-state index in [9.17, 15) is 9.59 Å². The van der Waals surface area contributed by atoms with Crippen LogP contribution in [0.25, 0.3) is 0 Å². The molecule has 0 aliphatic carbocycles. The Morgan fingerprint density at radius 3 is 2.78 bits per heavy atom. The highest BCUT2D eigenvalue weighted by atomic mass is 35.5. The molecule has 2 N–H and O–H groups in total. The molecule has 6 heteroatoms. The Kier molecular flexibility index (Phi) is 3.43. The van der Waals surface area contributed by atoms with E-state index in [2.05, 4.69) is 15.3 Å². The third kappa shape index (κ3) is 2.57. The Hall–Kier alpha value is -2.14. The molecular formula is C12H10ClN3O2. The summed E-state index contributed by atoms with van der Waals surface area (Å²) in [4.78, 5) is 29.1. The van der Waals surface area contributed by atoms with Gasteiger partial charge in [0, 0.05) is 18.5 Å². The van der Waals surface area contributed by atoms with Gasteiger partial charge in [-0.2, -0.15) is 0 Å². The third-order valence-corrected chi connectivity index (χ3v) is 2.68. The van der Waals surface area contributed by atoms with Crippen LogP contribution in [0.3, 0.4) is 0 Å². The van der Waals surface area contributed by atoms with Crippen molar-refractivity contribution >= 4 is 23.2 Å². The van der Waals surface area contributed by atoms with Crippen LogP contribution >= 0.6 is 11.6 Å². The molecule has 0 bridgehead atoms. The summed E-state index contributed by atoms with van der Waals surface area (Å²) in [5.74, 6) is -0.357. The fourth-order valence-electron chi connectivity index (χ4n) is 1.41. The highest BCUT2D eigenvalue weighted by molar-refractivity contribution is 6.32. The Morgan fingerprint density at radius 1 is 1.39 bits per heavy atom. The van der Waals surface area contributed by atoms with Crippen molar-refractivity contribution in [1.82, 2.24) is 9.97 Å². The summed E-state index contributed by atoms with van der Waals surface area (Å²) in [5, 5.41) is 2.89. The Bertz CT molecular complexity index is 611. The first-order valence-corrected chi connectivity index (χ1v) is 5.57. The van der Waals surface area contributed by atoms with Gasteiger partial charge in [0.25, 0.3) is 5.91 Å². The number of nitrogens with zero attached hydrogens (tertiary/aromatic N) is 1. The monoisotopic (exact) mass is 263 g/mol. The second-order valence-corrected chi connectivity index (χ2v) is 4.05. The number of hydrogen-bond donors (Lipinski definition) is 2. The lowest BCUT2D eigenvalue weighted by Crippen LogP contribution is -2.15. The summed E-state index contributed by atoms with van der Waals surface area (Å²) in [6, 6.07) is 4.47. The van der Waals surface area contributed by atoms with Crippen LogP contribution < -0.4 is 10.9 Å². The first kappa shape index (κ1) is 12.3. The molecule has 2 rings (SSSR count). The maximum atomic E-state index is 11.9. The molecular weight excluding hydrogens is 254 g/mol. The number of halogens is 1. The Balaban J connectivity index is 2.27. The van der Waals surface area contributed by atoms with Gasteiger partial charge in [-0.15, -0.1) is 0 Å². The number of aryl methyl sites for hydroxylation is 1. The quantitative estimate of drug-likeness (QED) is 0.814. The maximum Gasteiger partial charge on any atom is 0.257 e. The van der Waals surface area contributed by atoms with Crippen LogP contribution in [-0.2, 0) is 0 Å². The zero-order valence-corrected chi connectivity index (χ0v) is 10.3. The Labute approximate surface area is 108 Å². The van der Waals surface area contributed by atoms with Crippen LogP contribution in [0, 0.1) is 6.92 Å². The number of aromatic amines is 1. The fourth-order valence-corrected chi connectivity index (χ4v) is 1.67. The normalized spacial score (nSPS) is 10.1. The highest BCUT2D eigenvalue weighted by Crippen LogP contribution is 2.23. The van der Waals surface area contributed by atoms with Gasteiger partial charge in [0.1, 0.15) is 0 Å². The molecule has 18 heavy (non-hydrogen) atoms. The van der Waals surface area contributed by atoms with E-state index in [1.807, 2.05) is 6.92 Å². The van der Waals surface area contributed by atoms with E-state index < -0.39 is 0 Å². The third-order valence-electron chi connectivity index (χ3n) is 2.40. The van der Waals surface area contributed by atoms with Crippen molar-refractivity contribution in [2.75, 3.05) is 5.32 Å². The number of anilines is 1.